The Bertz CT molecular complexity index is 358. The zero-order chi connectivity index (χ0) is 10.7. The molecule has 0 saturated carbocycles. The molecule has 1 unspecified atom stereocenters. The van der Waals surface area contributed by atoms with Gasteiger partial charge in [0.15, 0.2) is 0 Å². The Labute approximate surface area is 79.6 Å². The lowest BCUT2D eigenvalue weighted by Crippen LogP contribution is -2.17. The van der Waals surface area contributed by atoms with Crippen LogP contribution in [0.4, 0.5) is 0 Å². The summed E-state index contributed by atoms with van der Waals surface area (Å²) in [4.78, 5) is 27.7. The minimum atomic E-state index is -1.18. The highest BCUT2D eigenvalue weighted by Gasteiger charge is 2.26. The summed E-state index contributed by atoms with van der Waals surface area (Å²) in [5, 5.41) is 17.3. The number of nitrogens with one attached hydrogen (secondary N) is 1. The van der Waals surface area contributed by atoms with Crippen LogP contribution in [-0.4, -0.2) is 32.1 Å². The Hall–Kier alpha value is -1.85. The lowest BCUT2D eigenvalue weighted by Gasteiger charge is -2.07. The Kier molecular flexibility index (Phi) is 2.85. The van der Waals surface area contributed by atoms with Gasteiger partial charge in [-0.2, -0.15) is 0 Å². The van der Waals surface area contributed by atoms with Crippen LogP contribution in [0.15, 0.2) is 6.33 Å². The molecule has 1 rings (SSSR count). The van der Waals surface area contributed by atoms with Gasteiger partial charge in [-0.1, -0.05) is 0 Å². The monoisotopic (exact) mass is 198 g/mol. The van der Waals surface area contributed by atoms with Crippen LogP contribution in [0.1, 0.15) is 23.7 Å². The van der Waals surface area contributed by atoms with Crippen molar-refractivity contribution in [2.24, 2.45) is 0 Å². The Morgan fingerprint density at radius 1 is 1.57 bits per heavy atom. The predicted octanol–water partition coefficient (Wildman–Crippen LogP) is 0.361. The van der Waals surface area contributed by atoms with E-state index in [9.17, 15) is 9.59 Å². The molecule has 1 atom stereocenters. The van der Waals surface area contributed by atoms with Gasteiger partial charge in [-0.05, 0) is 6.92 Å². The molecular weight excluding hydrogens is 188 g/mol. The van der Waals surface area contributed by atoms with Crippen LogP contribution in [0.2, 0.25) is 0 Å². The largest absolute Gasteiger partial charge is 0.481 e. The summed E-state index contributed by atoms with van der Waals surface area (Å²) < 4.78 is 0. The van der Waals surface area contributed by atoms with Crippen LogP contribution in [0.3, 0.4) is 0 Å². The number of imidazole rings is 1. The number of aromatic nitrogens is 2. The fourth-order valence-corrected chi connectivity index (χ4v) is 1.20. The van der Waals surface area contributed by atoms with Crippen LogP contribution in [-0.2, 0) is 9.59 Å². The summed E-state index contributed by atoms with van der Waals surface area (Å²) in [6.07, 6.45) is 0.892. The highest BCUT2D eigenvalue weighted by molar-refractivity contribution is 5.82. The second-order valence-electron chi connectivity index (χ2n) is 2.90. The second-order valence-corrected chi connectivity index (χ2v) is 2.90. The fraction of sp³-hybridized carbons (Fsp3) is 0.375. The number of hydrogen-bond acceptors (Lipinski definition) is 3. The molecule has 3 N–H and O–H groups in total. The summed E-state index contributed by atoms with van der Waals surface area (Å²) in [6.45, 7) is 1.65. The highest BCUT2D eigenvalue weighted by Crippen LogP contribution is 2.20. The van der Waals surface area contributed by atoms with Crippen LogP contribution in [0, 0.1) is 6.92 Å². The van der Waals surface area contributed by atoms with E-state index < -0.39 is 24.3 Å². The van der Waals surface area contributed by atoms with E-state index in [1.54, 1.807) is 6.92 Å². The Balaban J connectivity index is 2.94. The van der Waals surface area contributed by atoms with E-state index in [0.717, 1.165) is 0 Å². The van der Waals surface area contributed by atoms with Crippen molar-refractivity contribution in [3.8, 4) is 0 Å². The minimum absolute atomic E-state index is 0.278. The Morgan fingerprint density at radius 2 is 2.21 bits per heavy atom. The molecule has 0 spiro atoms. The van der Waals surface area contributed by atoms with Crippen LogP contribution < -0.4 is 0 Å². The van der Waals surface area contributed by atoms with Crippen LogP contribution in [0.5, 0.6) is 0 Å². The average molecular weight is 198 g/mol. The standard InChI is InChI=1S/C8H10N2O4/c1-4-7(10-3-9-4)5(8(13)14)2-6(11)12/h3,5H,2H2,1H3,(H,9,10)(H,11,12)(H,13,14). The van der Waals surface area contributed by atoms with Gasteiger partial charge in [0.2, 0.25) is 0 Å². The van der Waals surface area contributed by atoms with E-state index in [1.165, 1.54) is 6.33 Å². The molecule has 1 aromatic rings. The van der Waals surface area contributed by atoms with Crippen LogP contribution >= 0.6 is 0 Å². The second kappa shape index (κ2) is 3.91. The summed E-state index contributed by atoms with van der Waals surface area (Å²) in [5.41, 5.74) is 0.860. The SMILES string of the molecule is Cc1[nH]cnc1C(CC(=O)O)C(=O)O. The van der Waals surface area contributed by atoms with E-state index in [2.05, 4.69) is 9.97 Å². The molecule has 1 heterocycles. The highest BCUT2D eigenvalue weighted by atomic mass is 16.4. The zero-order valence-electron chi connectivity index (χ0n) is 7.52. The number of rotatable bonds is 4. The number of nitrogens with zero attached hydrogens (tertiary/aromatic N) is 1. The number of hydrogen-bond donors (Lipinski definition) is 3. The smallest absolute Gasteiger partial charge is 0.313 e. The van der Waals surface area contributed by atoms with Gasteiger partial charge < -0.3 is 15.2 Å². The molecule has 0 aromatic carbocycles. The number of aromatic amines is 1. The lowest BCUT2D eigenvalue weighted by atomic mass is 10.0. The molecule has 76 valence electrons. The molecule has 0 fully saturated rings. The van der Waals surface area contributed by atoms with Gasteiger partial charge in [0.25, 0.3) is 0 Å². The predicted molar refractivity (Wildman–Crippen MR) is 46.0 cm³/mol. The van der Waals surface area contributed by atoms with Crippen molar-refractivity contribution >= 4 is 11.9 Å². The third-order valence-corrected chi connectivity index (χ3v) is 1.88. The summed E-state index contributed by atoms with van der Waals surface area (Å²) >= 11 is 0. The van der Waals surface area contributed by atoms with Crippen molar-refractivity contribution in [3.05, 3.63) is 17.7 Å². The third kappa shape index (κ3) is 2.09. The maximum Gasteiger partial charge on any atom is 0.313 e. The van der Waals surface area contributed by atoms with E-state index >= 15 is 0 Å². The maximum atomic E-state index is 10.8. The van der Waals surface area contributed by atoms with Gasteiger partial charge in [0.05, 0.1) is 18.4 Å². The molecule has 0 aliphatic heterocycles. The zero-order valence-corrected chi connectivity index (χ0v) is 7.52. The fourth-order valence-electron chi connectivity index (χ4n) is 1.20. The van der Waals surface area contributed by atoms with Gasteiger partial charge >= 0.3 is 11.9 Å². The molecule has 6 nitrogen and oxygen atoms in total. The molecule has 6 heteroatoms. The van der Waals surface area contributed by atoms with Crippen molar-refractivity contribution in [1.29, 1.82) is 0 Å². The van der Waals surface area contributed by atoms with Crippen molar-refractivity contribution < 1.29 is 19.8 Å². The average Bonchev–Trinajstić information content (AvgIpc) is 2.46. The summed E-state index contributed by atoms with van der Waals surface area (Å²) in [7, 11) is 0. The first-order chi connectivity index (χ1) is 6.52. The van der Waals surface area contributed by atoms with Gasteiger partial charge in [0.1, 0.15) is 5.92 Å². The molecule has 0 radical (unpaired) electrons. The summed E-state index contributed by atoms with van der Waals surface area (Å²) in [5.74, 6) is -3.42. The van der Waals surface area contributed by atoms with E-state index in [0.29, 0.717) is 5.69 Å². The van der Waals surface area contributed by atoms with Gasteiger partial charge in [-0.15, -0.1) is 0 Å². The third-order valence-electron chi connectivity index (χ3n) is 1.88. The molecule has 0 bridgehead atoms. The van der Waals surface area contributed by atoms with Crippen molar-refractivity contribution in [2.45, 2.75) is 19.3 Å². The number of H-pyrrole nitrogens is 1. The molecule has 0 saturated heterocycles. The molecular formula is C8H10N2O4. The molecule has 14 heavy (non-hydrogen) atoms. The molecule has 0 aliphatic carbocycles. The van der Waals surface area contributed by atoms with Crippen molar-refractivity contribution in [3.63, 3.8) is 0 Å². The topological polar surface area (TPSA) is 103 Å². The first kappa shape index (κ1) is 10.2. The minimum Gasteiger partial charge on any atom is -0.481 e. The van der Waals surface area contributed by atoms with Crippen LogP contribution in [0.25, 0.3) is 0 Å². The van der Waals surface area contributed by atoms with Crippen molar-refractivity contribution in [2.75, 3.05) is 0 Å². The maximum absolute atomic E-state index is 10.8. The molecule has 0 amide bonds. The number of carboxylic acids is 2. The quantitative estimate of drug-likeness (QED) is 0.648. The molecule has 0 aliphatic rings. The first-order valence-corrected chi connectivity index (χ1v) is 3.97. The lowest BCUT2D eigenvalue weighted by molar-refractivity contribution is -0.145. The molecule has 1 aromatic heterocycles. The van der Waals surface area contributed by atoms with Gasteiger partial charge in [0, 0.05) is 5.69 Å². The number of aliphatic carboxylic acids is 2. The normalized spacial score (nSPS) is 12.4. The van der Waals surface area contributed by atoms with E-state index in [1.807, 2.05) is 0 Å². The summed E-state index contributed by atoms with van der Waals surface area (Å²) in [6, 6.07) is 0. The van der Waals surface area contributed by atoms with E-state index in [4.69, 9.17) is 10.2 Å². The van der Waals surface area contributed by atoms with Gasteiger partial charge in [-0.25, -0.2) is 4.98 Å². The number of aryl methyl sites for hydroxylation is 1. The first-order valence-electron chi connectivity index (χ1n) is 3.97. The number of carbonyl (C=O) groups is 2. The van der Waals surface area contributed by atoms with Gasteiger partial charge in [-0.3, -0.25) is 9.59 Å². The van der Waals surface area contributed by atoms with E-state index in [-0.39, 0.29) is 5.69 Å². The van der Waals surface area contributed by atoms with Crippen molar-refractivity contribution in [1.82, 2.24) is 9.97 Å². The Morgan fingerprint density at radius 3 is 2.57 bits per heavy atom. The number of carboxylic acid groups (broad SMARTS) is 2.